The molecule has 0 amide bonds. The van der Waals surface area contributed by atoms with Gasteiger partial charge in [-0.2, -0.15) is 0 Å². The molecule has 0 saturated heterocycles. The first-order valence-electron chi connectivity index (χ1n) is 5.18. The van der Waals surface area contributed by atoms with Crippen LogP contribution in [0, 0.1) is 0 Å². The van der Waals surface area contributed by atoms with Crippen LogP contribution in [-0.4, -0.2) is 36.2 Å². The van der Waals surface area contributed by atoms with Gasteiger partial charge in [0.25, 0.3) is 6.43 Å². The zero-order chi connectivity index (χ0) is 12.3. The standard InChI is InChI=1S/C11H12F2N2OS/c12-10(13)7-15(4-5-16)11-8-2-6-17-9(8)1-3-14-11/h1-3,6,10,16H,4-5,7H2. The molecule has 0 fully saturated rings. The van der Waals surface area contributed by atoms with Gasteiger partial charge in [-0.25, -0.2) is 13.8 Å². The minimum absolute atomic E-state index is 0.159. The number of aliphatic hydroxyl groups excluding tert-OH is 1. The van der Waals surface area contributed by atoms with Crippen molar-refractivity contribution in [2.45, 2.75) is 6.43 Å². The molecule has 0 aliphatic rings. The number of halogens is 2. The van der Waals surface area contributed by atoms with Crippen LogP contribution in [0.5, 0.6) is 0 Å². The highest BCUT2D eigenvalue weighted by atomic mass is 32.1. The molecule has 17 heavy (non-hydrogen) atoms. The quantitative estimate of drug-likeness (QED) is 0.894. The molecule has 0 saturated carbocycles. The molecule has 3 nitrogen and oxygen atoms in total. The van der Waals surface area contributed by atoms with E-state index in [4.69, 9.17) is 5.11 Å². The number of pyridine rings is 1. The third-order valence-corrected chi connectivity index (χ3v) is 3.27. The maximum atomic E-state index is 12.5. The molecule has 0 unspecified atom stereocenters. The number of aromatic nitrogens is 1. The number of hydrogen-bond acceptors (Lipinski definition) is 4. The zero-order valence-corrected chi connectivity index (χ0v) is 9.83. The van der Waals surface area contributed by atoms with E-state index in [1.807, 2.05) is 17.5 Å². The molecular weight excluding hydrogens is 246 g/mol. The number of nitrogens with zero attached hydrogens (tertiary/aromatic N) is 2. The van der Waals surface area contributed by atoms with Crippen LogP contribution in [0.15, 0.2) is 23.7 Å². The van der Waals surface area contributed by atoms with Gasteiger partial charge >= 0.3 is 0 Å². The van der Waals surface area contributed by atoms with Crippen molar-refractivity contribution in [1.29, 1.82) is 0 Å². The summed E-state index contributed by atoms with van der Waals surface area (Å²) in [5.41, 5.74) is 0. The summed E-state index contributed by atoms with van der Waals surface area (Å²) in [6.07, 6.45) is -0.846. The molecule has 92 valence electrons. The van der Waals surface area contributed by atoms with Crippen molar-refractivity contribution < 1.29 is 13.9 Å². The number of rotatable bonds is 5. The molecule has 0 radical (unpaired) electrons. The Morgan fingerprint density at radius 3 is 2.94 bits per heavy atom. The van der Waals surface area contributed by atoms with Gasteiger partial charge in [0.15, 0.2) is 0 Å². The molecule has 0 aliphatic heterocycles. The van der Waals surface area contributed by atoms with Crippen LogP contribution >= 0.6 is 11.3 Å². The lowest BCUT2D eigenvalue weighted by atomic mass is 10.3. The first-order chi connectivity index (χ1) is 8.22. The van der Waals surface area contributed by atoms with Gasteiger partial charge in [-0.05, 0) is 17.5 Å². The molecule has 0 spiro atoms. The van der Waals surface area contributed by atoms with E-state index in [2.05, 4.69) is 4.98 Å². The van der Waals surface area contributed by atoms with Crippen LogP contribution in [0.1, 0.15) is 0 Å². The van der Waals surface area contributed by atoms with Gasteiger partial charge in [0.2, 0.25) is 0 Å². The SMILES string of the molecule is OCCN(CC(F)F)c1nccc2sccc12. The van der Waals surface area contributed by atoms with Gasteiger partial charge in [-0.1, -0.05) is 0 Å². The number of anilines is 1. The number of hydrogen-bond donors (Lipinski definition) is 1. The molecule has 6 heteroatoms. The van der Waals surface area contributed by atoms with E-state index in [-0.39, 0.29) is 13.2 Å². The Kier molecular flexibility index (Phi) is 3.86. The van der Waals surface area contributed by atoms with Crippen molar-refractivity contribution in [3.63, 3.8) is 0 Å². The highest BCUT2D eigenvalue weighted by molar-refractivity contribution is 7.17. The lowest BCUT2D eigenvalue weighted by Gasteiger charge is -2.22. The molecule has 0 atom stereocenters. The summed E-state index contributed by atoms with van der Waals surface area (Å²) in [7, 11) is 0. The Hall–Kier alpha value is -1.27. The van der Waals surface area contributed by atoms with E-state index in [1.165, 1.54) is 16.2 Å². The van der Waals surface area contributed by atoms with Gasteiger partial charge in [0, 0.05) is 22.8 Å². The number of alkyl halides is 2. The molecule has 2 rings (SSSR count). The smallest absolute Gasteiger partial charge is 0.255 e. The highest BCUT2D eigenvalue weighted by Crippen LogP contribution is 2.28. The summed E-state index contributed by atoms with van der Waals surface area (Å²) in [5.74, 6) is 0.512. The molecule has 2 aromatic rings. The third-order valence-electron chi connectivity index (χ3n) is 2.39. The maximum Gasteiger partial charge on any atom is 0.255 e. The lowest BCUT2D eigenvalue weighted by Crippen LogP contribution is -2.32. The Bertz CT molecular complexity index is 489. The highest BCUT2D eigenvalue weighted by Gasteiger charge is 2.16. The Balaban J connectivity index is 2.36. The molecule has 2 heterocycles. The first-order valence-corrected chi connectivity index (χ1v) is 6.06. The van der Waals surface area contributed by atoms with Crippen LogP contribution in [0.4, 0.5) is 14.6 Å². The summed E-state index contributed by atoms with van der Waals surface area (Å²) < 4.78 is 25.9. The van der Waals surface area contributed by atoms with Crippen LogP contribution in [0.25, 0.3) is 10.1 Å². The average molecular weight is 258 g/mol. The minimum Gasteiger partial charge on any atom is -0.395 e. The van der Waals surface area contributed by atoms with Gasteiger partial charge in [0.1, 0.15) is 5.82 Å². The van der Waals surface area contributed by atoms with Crippen molar-refractivity contribution in [1.82, 2.24) is 4.98 Å². The molecule has 0 aliphatic carbocycles. The van der Waals surface area contributed by atoms with E-state index in [9.17, 15) is 8.78 Å². The van der Waals surface area contributed by atoms with Crippen molar-refractivity contribution in [3.05, 3.63) is 23.7 Å². The molecule has 0 aromatic carbocycles. The summed E-state index contributed by atoms with van der Waals surface area (Å²) in [6.45, 7) is -0.427. The van der Waals surface area contributed by atoms with Crippen molar-refractivity contribution in [2.75, 3.05) is 24.6 Å². The van der Waals surface area contributed by atoms with Crippen molar-refractivity contribution in [3.8, 4) is 0 Å². The van der Waals surface area contributed by atoms with Crippen LogP contribution in [-0.2, 0) is 0 Å². The molecular formula is C11H12F2N2OS. The fraction of sp³-hybridized carbons (Fsp3) is 0.364. The number of thiophene rings is 1. The van der Waals surface area contributed by atoms with Gasteiger partial charge < -0.3 is 10.0 Å². The molecule has 1 N–H and O–H groups in total. The zero-order valence-electron chi connectivity index (χ0n) is 9.01. The lowest BCUT2D eigenvalue weighted by molar-refractivity contribution is 0.152. The predicted molar refractivity (Wildman–Crippen MR) is 64.9 cm³/mol. The summed E-state index contributed by atoms with van der Waals surface area (Å²) in [6, 6.07) is 3.71. The van der Waals surface area contributed by atoms with E-state index < -0.39 is 13.0 Å². The third kappa shape index (κ3) is 2.70. The van der Waals surface area contributed by atoms with Crippen LogP contribution in [0.3, 0.4) is 0 Å². The summed E-state index contributed by atoms with van der Waals surface area (Å²) >= 11 is 1.54. The normalized spacial score (nSPS) is 11.3. The second-order valence-corrected chi connectivity index (χ2v) is 4.48. The number of aliphatic hydroxyl groups is 1. The fourth-order valence-corrected chi connectivity index (χ4v) is 2.48. The monoisotopic (exact) mass is 258 g/mol. The van der Waals surface area contributed by atoms with Gasteiger partial charge in [-0.15, -0.1) is 11.3 Å². The second kappa shape index (κ2) is 5.37. The fourth-order valence-electron chi connectivity index (χ4n) is 1.70. The predicted octanol–water partition coefficient (Wildman–Crippen LogP) is 2.36. The van der Waals surface area contributed by atoms with Crippen LogP contribution in [0.2, 0.25) is 0 Å². The maximum absolute atomic E-state index is 12.5. The average Bonchev–Trinajstić information content (AvgIpc) is 2.75. The minimum atomic E-state index is -2.45. The first kappa shape index (κ1) is 12.2. The van der Waals surface area contributed by atoms with Crippen LogP contribution < -0.4 is 4.90 Å². The molecule has 2 aromatic heterocycles. The molecule has 0 bridgehead atoms. The van der Waals surface area contributed by atoms with E-state index in [0.29, 0.717) is 5.82 Å². The second-order valence-electron chi connectivity index (χ2n) is 3.53. The summed E-state index contributed by atoms with van der Waals surface area (Å²) in [4.78, 5) is 5.56. The van der Waals surface area contributed by atoms with E-state index >= 15 is 0 Å². The Morgan fingerprint density at radius 2 is 2.24 bits per heavy atom. The summed E-state index contributed by atoms with van der Waals surface area (Å²) in [5, 5.41) is 11.7. The topological polar surface area (TPSA) is 36.4 Å². The van der Waals surface area contributed by atoms with Crippen molar-refractivity contribution >= 4 is 27.2 Å². The van der Waals surface area contributed by atoms with Gasteiger partial charge in [0.05, 0.1) is 13.2 Å². The Labute approximate surface area is 101 Å². The van der Waals surface area contributed by atoms with Crippen molar-refractivity contribution in [2.24, 2.45) is 0 Å². The largest absolute Gasteiger partial charge is 0.395 e. The van der Waals surface area contributed by atoms with E-state index in [0.717, 1.165) is 10.1 Å². The number of fused-ring (bicyclic) bond motifs is 1. The van der Waals surface area contributed by atoms with Gasteiger partial charge in [-0.3, -0.25) is 0 Å². The van der Waals surface area contributed by atoms with E-state index in [1.54, 1.807) is 6.20 Å². The Morgan fingerprint density at radius 1 is 1.41 bits per heavy atom.